The molecule has 1 unspecified atom stereocenters. The maximum atomic E-state index is 11.6. The summed E-state index contributed by atoms with van der Waals surface area (Å²) in [4.78, 5) is 11.6. The van der Waals surface area contributed by atoms with Gasteiger partial charge < -0.3 is 5.11 Å². The van der Waals surface area contributed by atoms with Gasteiger partial charge in [-0.25, -0.2) is 0 Å². The van der Waals surface area contributed by atoms with E-state index in [4.69, 9.17) is 0 Å². The Bertz CT molecular complexity index is 477. The summed E-state index contributed by atoms with van der Waals surface area (Å²) < 4.78 is 0. The Labute approximate surface area is 109 Å². The Morgan fingerprint density at radius 3 is 1.89 bits per heavy atom. The third-order valence-corrected chi connectivity index (χ3v) is 4.35. The lowest BCUT2D eigenvalue weighted by molar-refractivity contribution is -0.141. The van der Waals surface area contributed by atoms with Gasteiger partial charge in [-0.3, -0.25) is 4.79 Å². The Kier molecular flexibility index (Phi) is 2.62. The van der Waals surface area contributed by atoms with Crippen LogP contribution < -0.4 is 0 Å². The van der Waals surface area contributed by atoms with Crippen LogP contribution in [0.2, 0.25) is 0 Å². The van der Waals surface area contributed by atoms with Crippen LogP contribution in [0.4, 0.5) is 0 Å². The molecule has 1 aromatic rings. The minimum absolute atomic E-state index is 0.105. The van der Waals surface area contributed by atoms with E-state index in [0.29, 0.717) is 0 Å². The number of carboxylic acids is 1. The van der Waals surface area contributed by atoms with Crippen LogP contribution in [0.1, 0.15) is 52.2 Å². The minimum Gasteiger partial charge on any atom is -0.481 e. The van der Waals surface area contributed by atoms with E-state index in [1.54, 1.807) is 0 Å². The topological polar surface area (TPSA) is 37.3 Å². The van der Waals surface area contributed by atoms with Gasteiger partial charge in [0.15, 0.2) is 0 Å². The van der Waals surface area contributed by atoms with Crippen LogP contribution in [0.15, 0.2) is 24.3 Å². The van der Waals surface area contributed by atoms with Crippen molar-refractivity contribution in [2.24, 2.45) is 5.41 Å². The number of aliphatic carboxylic acids is 1. The molecule has 1 fully saturated rings. The molecule has 1 aliphatic carbocycles. The van der Waals surface area contributed by atoms with E-state index >= 15 is 0 Å². The summed E-state index contributed by atoms with van der Waals surface area (Å²) in [6.45, 7) is 10.5. The third kappa shape index (κ3) is 1.75. The SMILES string of the molecule is CC(C)(C)c1ccc(C2(C(=O)O)CC2(C)C)cc1. The van der Waals surface area contributed by atoms with Crippen molar-refractivity contribution in [3.8, 4) is 0 Å². The molecule has 0 saturated heterocycles. The number of benzene rings is 1. The fraction of sp³-hybridized carbons (Fsp3) is 0.562. The van der Waals surface area contributed by atoms with Gasteiger partial charge in [0.1, 0.15) is 0 Å². The van der Waals surface area contributed by atoms with Gasteiger partial charge >= 0.3 is 5.97 Å². The molecular weight excluding hydrogens is 224 g/mol. The highest BCUT2D eigenvalue weighted by molar-refractivity contribution is 5.87. The first-order valence-corrected chi connectivity index (χ1v) is 6.46. The smallest absolute Gasteiger partial charge is 0.314 e. The molecule has 2 rings (SSSR count). The van der Waals surface area contributed by atoms with Crippen LogP contribution in [-0.4, -0.2) is 11.1 Å². The summed E-state index contributed by atoms with van der Waals surface area (Å²) in [7, 11) is 0. The van der Waals surface area contributed by atoms with Crippen LogP contribution >= 0.6 is 0 Å². The normalized spacial score (nSPS) is 25.8. The van der Waals surface area contributed by atoms with Crippen molar-refractivity contribution in [2.75, 3.05) is 0 Å². The van der Waals surface area contributed by atoms with Crippen molar-refractivity contribution in [3.63, 3.8) is 0 Å². The molecule has 1 aliphatic rings. The Morgan fingerprint density at radius 1 is 1.17 bits per heavy atom. The lowest BCUT2D eigenvalue weighted by atomic mass is 9.83. The second kappa shape index (κ2) is 3.59. The van der Waals surface area contributed by atoms with Gasteiger partial charge in [-0.05, 0) is 28.4 Å². The van der Waals surface area contributed by atoms with Crippen molar-refractivity contribution in [1.82, 2.24) is 0 Å². The molecule has 0 spiro atoms. The summed E-state index contributed by atoms with van der Waals surface area (Å²) in [6.07, 6.45) is 0.726. The summed E-state index contributed by atoms with van der Waals surface area (Å²) in [6, 6.07) is 8.11. The van der Waals surface area contributed by atoms with Crippen LogP contribution in [0.5, 0.6) is 0 Å². The number of hydrogen-bond donors (Lipinski definition) is 1. The highest BCUT2D eigenvalue weighted by atomic mass is 16.4. The van der Waals surface area contributed by atoms with Gasteiger partial charge in [0, 0.05) is 0 Å². The molecule has 0 amide bonds. The zero-order valence-corrected chi connectivity index (χ0v) is 11.9. The standard InChI is InChI=1S/C16H22O2/c1-14(2,3)11-6-8-12(9-7-11)16(13(17)18)10-15(16,4)5/h6-9H,10H2,1-5H3,(H,17,18). The fourth-order valence-electron chi connectivity index (χ4n) is 2.85. The van der Waals surface area contributed by atoms with Crippen LogP contribution in [0.3, 0.4) is 0 Å². The minimum atomic E-state index is -0.698. The molecule has 0 bridgehead atoms. The molecular formula is C16H22O2. The van der Waals surface area contributed by atoms with E-state index in [2.05, 4.69) is 32.9 Å². The van der Waals surface area contributed by atoms with E-state index in [1.807, 2.05) is 26.0 Å². The zero-order chi connectivity index (χ0) is 13.8. The molecule has 18 heavy (non-hydrogen) atoms. The molecule has 0 aliphatic heterocycles. The summed E-state index contributed by atoms with van der Waals surface area (Å²) in [5, 5.41) is 9.52. The Morgan fingerprint density at radius 2 is 1.61 bits per heavy atom. The first kappa shape index (κ1) is 13.1. The number of hydrogen-bond acceptors (Lipinski definition) is 1. The molecule has 0 heterocycles. The zero-order valence-electron chi connectivity index (χ0n) is 11.9. The van der Waals surface area contributed by atoms with Gasteiger partial charge in [-0.1, -0.05) is 58.9 Å². The van der Waals surface area contributed by atoms with Gasteiger partial charge in [-0.2, -0.15) is 0 Å². The molecule has 1 N–H and O–H groups in total. The fourth-order valence-corrected chi connectivity index (χ4v) is 2.85. The second-order valence-electron chi connectivity index (χ2n) is 7.10. The van der Waals surface area contributed by atoms with Crippen molar-refractivity contribution in [3.05, 3.63) is 35.4 Å². The quantitative estimate of drug-likeness (QED) is 0.863. The molecule has 1 saturated carbocycles. The number of carbonyl (C=O) groups is 1. The highest BCUT2D eigenvalue weighted by Crippen LogP contribution is 2.64. The van der Waals surface area contributed by atoms with E-state index in [1.165, 1.54) is 5.56 Å². The van der Waals surface area contributed by atoms with Crippen LogP contribution in [0.25, 0.3) is 0 Å². The molecule has 0 radical (unpaired) electrons. The maximum absolute atomic E-state index is 11.6. The third-order valence-electron chi connectivity index (χ3n) is 4.35. The predicted molar refractivity (Wildman–Crippen MR) is 72.9 cm³/mol. The van der Waals surface area contributed by atoms with Gasteiger partial charge in [0.25, 0.3) is 0 Å². The van der Waals surface area contributed by atoms with Crippen LogP contribution in [-0.2, 0) is 15.6 Å². The largest absolute Gasteiger partial charge is 0.481 e. The summed E-state index contributed by atoms with van der Waals surface area (Å²) in [5.74, 6) is -0.698. The lowest BCUT2D eigenvalue weighted by Gasteiger charge is -2.21. The lowest BCUT2D eigenvalue weighted by Crippen LogP contribution is -2.25. The molecule has 98 valence electrons. The molecule has 0 aromatic heterocycles. The second-order valence-corrected chi connectivity index (χ2v) is 7.10. The monoisotopic (exact) mass is 246 g/mol. The molecule has 1 atom stereocenters. The summed E-state index contributed by atoms with van der Waals surface area (Å²) >= 11 is 0. The van der Waals surface area contributed by atoms with Crippen LogP contribution in [0, 0.1) is 5.41 Å². The molecule has 1 aromatic carbocycles. The van der Waals surface area contributed by atoms with Crippen molar-refractivity contribution < 1.29 is 9.90 Å². The predicted octanol–water partition coefficient (Wildman–Crippen LogP) is 3.74. The van der Waals surface area contributed by atoms with Gasteiger partial charge in [-0.15, -0.1) is 0 Å². The summed E-state index contributed by atoms with van der Waals surface area (Å²) in [5.41, 5.74) is 1.47. The van der Waals surface area contributed by atoms with Crippen molar-refractivity contribution in [2.45, 2.75) is 51.9 Å². The van der Waals surface area contributed by atoms with Gasteiger partial charge in [0.05, 0.1) is 5.41 Å². The first-order valence-electron chi connectivity index (χ1n) is 6.46. The Balaban J connectivity index is 2.39. The van der Waals surface area contributed by atoms with E-state index in [9.17, 15) is 9.90 Å². The van der Waals surface area contributed by atoms with E-state index < -0.39 is 11.4 Å². The number of rotatable bonds is 2. The average Bonchev–Trinajstić information content (AvgIpc) is 2.82. The van der Waals surface area contributed by atoms with Gasteiger partial charge in [0.2, 0.25) is 0 Å². The average molecular weight is 246 g/mol. The van der Waals surface area contributed by atoms with E-state index in [0.717, 1.165) is 12.0 Å². The highest BCUT2D eigenvalue weighted by Gasteiger charge is 2.67. The Hall–Kier alpha value is -1.31. The molecule has 2 heteroatoms. The maximum Gasteiger partial charge on any atom is 0.314 e. The van der Waals surface area contributed by atoms with Crippen molar-refractivity contribution in [1.29, 1.82) is 0 Å². The molecule has 2 nitrogen and oxygen atoms in total. The van der Waals surface area contributed by atoms with Crippen molar-refractivity contribution >= 4 is 5.97 Å². The number of carboxylic acid groups (broad SMARTS) is 1. The van der Waals surface area contributed by atoms with E-state index in [-0.39, 0.29) is 10.8 Å². The first-order chi connectivity index (χ1) is 8.11.